The molecule has 2 aliphatic carbocycles. The summed E-state index contributed by atoms with van der Waals surface area (Å²) in [4.78, 5) is 2.39. The normalized spacial score (nSPS) is 16.5. The number of rotatable bonds is 9. The first kappa shape index (κ1) is 52.7. The molecule has 13 aromatic carbocycles. The van der Waals surface area contributed by atoms with Gasteiger partial charge in [-0.05, 0) is 126 Å². The molecule has 426 valence electrons. The first-order chi connectivity index (χ1) is 43.5. The fraction of sp³-hybridized carbons (Fsp3) is 0.0952. The number of furan rings is 2. The molecule has 0 saturated carbocycles. The van der Waals surface area contributed by atoms with Crippen LogP contribution in [-0.4, -0.2) is 10.2 Å². The van der Waals surface area contributed by atoms with E-state index in [4.69, 9.17) is 8.83 Å². The lowest BCUT2D eigenvalue weighted by molar-refractivity contribution is -0.168. The minimum Gasteiger partial charge on any atom is -0.455 e. The smallest absolute Gasteiger partial charge is 0.159 e. The Morgan fingerprint density at radius 1 is 0.360 bits per heavy atom. The number of anilines is 3. The van der Waals surface area contributed by atoms with E-state index in [1.807, 2.05) is 74.5 Å². The van der Waals surface area contributed by atoms with Crippen LogP contribution in [0.4, 0.5) is 17.1 Å². The van der Waals surface area contributed by atoms with Crippen molar-refractivity contribution in [3.8, 4) is 66.8 Å². The molecule has 0 spiro atoms. The van der Waals surface area contributed by atoms with Crippen LogP contribution in [0.5, 0.6) is 0 Å². The topological polar surface area (TPSA) is 70.0 Å². The van der Waals surface area contributed by atoms with Gasteiger partial charge in [-0.2, -0.15) is 0 Å². The van der Waals surface area contributed by atoms with Crippen molar-refractivity contribution >= 4 is 71.7 Å². The highest BCUT2D eigenvalue weighted by Gasteiger charge is 2.60. The van der Waals surface area contributed by atoms with Crippen molar-refractivity contribution in [3.05, 3.63) is 307 Å². The van der Waals surface area contributed by atoms with Gasteiger partial charge in [0, 0.05) is 60.3 Å². The van der Waals surface area contributed by atoms with Gasteiger partial charge in [-0.3, -0.25) is 0 Å². The molecule has 0 radical (unpaired) electrons. The van der Waals surface area contributed by atoms with Gasteiger partial charge >= 0.3 is 0 Å². The predicted octanol–water partition coefficient (Wildman–Crippen LogP) is 21.8. The van der Waals surface area contributed by atoms with Gasteiger partial charge in [-0.15, -0.1) is 0 Å². The van der Waals surface area contributed by atoms with Gasteiger partial charge in [-0.25, -0.2) is 0 Å². The third kappa shape index (κ3) is 7.56. The zero-order chi connectivity index (χ0) is 59.9. The van der Waals surface area contributed by atoms with Crippen molar-refractivity contribution in [2.75, 3.05) is 4.90 Å². The molecule has 2 heterocycles. The highest BCUT2D eigenvalue weighted by atomic mass is 16.4. The van der Waals surface area contributed by atoms with Gasteiger partial charge < -0.3 is 23.9 Å². The highest BCUT2D eigenvalue weighted by molar-refractivity contribution is 6.25. The van der Waals surface area contributed by atoms with Crippen LogP contribution >= 0.6 is 0 Å². The summed E-state index contributed by atoms with van der Waals surface area (Å²) in [5, 5.41) is 34.6. The van der Waals surface area contributed by atoms with Crippen molar-refractivity contribution in [2.45, 2.75) is 44.3 Å². The quantitative estimate of drug-likeness (QED) is 0.151. The van der Waals surface area contributed by atoms with Crippen LogP contribution in [0.3, 0.4) is 0 Å². The maximum atomic E-state index is 14.5. The Kier molecular flexibility index (Phi) is 11.7. The fourth-order valence-corrected chi connectivity index (χ4v) is 15.5. The van der Waals surface area contributed by atoms with Crippen molar-refractivity contribution in [1.29, 1.82) is 0 Å². The number of aliphatic hydroxyl groups is 2. The lowest BCUT2D eigenvalue weighted by atomic mass is 9.58. The van der Waals surface area contributed by atoms with Crippen LogP contribution in [0, 0.1) is 5.92 Å². The molecular weight excluding hydrogens is 1090 g/mol. The summed E-state index contributed by atoms with van der Waals surface area (Å²) in [5.41, 5.74) is 17.8. The number of hydrogen-bond donors (Lipinski definition) is 2. The number of hydrogen-bond acceptors (Lipinski definition) is 5. The third-order valence-corrected chi connectivity index (χ3v) is 19.7. The Hall–Kier alpha value is -10.6. The van der Waals surface area contributed by atoms with Crippen LogP contribution in [-0.2, 0) is 16.6 Å². The standard InChI is InChI=1S/C84H61NO4/c1-51(2)83(86)71-50-66(54-28-13-7-14-29-54)81-76(77(71)78-70(84(83,87)57-31-15-8-16-32-57)47-45-65-75-63(36-23-41-74(75)88-80(65)78)61-34-18-17-33-59(61)53-26-11-6-12-27-53)64-37-22-40-73(79(64)89-81)85(58-43-46-69-67(49-58)62-35-19-20-38-68(62)82(69,3)4)72-39-21-30-56-48-55(42-44-60(56)72)52-24-9-5-10-25-52/h5-51,86-87H,1-4H3. The molecule has 2 unspecified atom stereocenters. The van der Waals surface area contributed by atoms with Gasteiger partial charge in [-0.1, -0.05) is 264 Å². The van der Waals surface area contributed by atoms with Gasteiger partial charge in [0.1, 0.15) is 28.0 Å². The van der Waals surface area contributed by atoms with Crippen LogP contribution in [0.1, 0.15) is 55.5 Å². The fourth-order valence-electron chi connectivity index (χ4n) is 15.5. The largest absolute Gasteiger partial charge is 0.455 e. The predicted molar refractivity (Wildman–Crippen MR) is 366 cm³/mol. The number of nitrogens with zero attached hydrogens (tertiary/aromatic N) is 1. The molecule has 2 aromatic heterocycles. The maximum Gasteiger partial charge on any atom is 0.159 e. The Morgan fingerprint density at radius 3 is 1.69 bits per heavy atom. The summed E-state index contributed by atoms with van der Waals surface area (Å²) >= 11 is 0. The van der Waals surface area contributed by atoms with Crippen molar-refractivity contribution in [1.82, 2.24) is 0 Å². The summed E-state index contributed by atoms with van der Waals surface area (Å²) in [6, 6.07) is 97.9. The van der Waals surface area contributed by atoms with Crippen LogP contribution in [0.15, 0.2) is 288 Å². The summed E-state index contributed by atoms with van der Waals surface area (Å²) in [5.74, 6) is -0.527. The Morgan fingerprint density at radius 2 is 0.944 bits per heavy atom. The van der Waals surface area contributed by atoms with Crippen molar-refractivity contribution < 1.29 is 19.0 Å². The SMILES string of the molecule is CC(C)C1(O)c2cc(-c3ccccc3)c3oc4c(N(c5ccc6c(c5)-c5ccccc5C6(C)C)c5cccc6cc(-c7ccccc7)ccc56)cccc4c3c2-c2c(ccc3c2oc2cccc(-c4ccccc4-c4ccccc4)c23)C1(O)c1ccccc1. The molecule has 0 fully saturated rings. The van der Waals surface area contributed by atoms with E-state index in [2.05, 4.69) is 237 Å². The lowest BCUT2D eigenvalue weighted by Gasteiger charge is -2.51. The summed E-state index contributed by atoms with van der Waals surface area (Å²) in [6.07, 6.45) is 0. The molecule has 0 bridgehead atoms. The lowest BCUT2D eigenvalue weighted by Crippen LogP contribution is -2.55. The van der Waals surface area contributed by atoms with Crippen LogP contribution in [0.2, 0.25) is 0 Å². The van der Waals surface area contributed by atoms with Gasteiger partial charge in [0.2, 0.25) is 0 Å². The number of fused-ring (bicyclic) bond motifs is 15. The zero-order valence-corrected chi connectivity index (χ0v) is 49.8. The van der Waals surface area contributed by atoms with Crippen LogP contribution < -0.4 is 4.90 Å². The molecule has 5 heteroatoms. The molecule has 2 atom stereocenters. The second-order valence-corrected chi connectivity index (χ2v) is 25.0. The molecule has 0 amide bonds. The minimum atomic E-state index is -1.99. The van der Waals surface area contributed by atoms with E-state index < -0.39 is 17.1 Å². The molecule has 17 rings (SSSR count). The molecule has 2 N–H and O–H groups in total. The van der Waals surface area contributed by atoms with Gasteiger partial charge in [0.15, 0.2) is 5.58 Å². The molecule has 15 aromatic rings. The molecule has 0 saturated heterocycles. The number of benzene rings is 13. The van der Waals surface area contributed by atoms with Gasteiger partial charge in [0.05, 0.1) is 11.4 Å². The molecule has 5 nitrogen and oxygen atoms in total. The molecule has 0 aliphatic heterocycles. The van der Waals surface area contributed by atoms with E-state index >= 15 is 0 Å². The monoisotopic (exact) mass is 1150 g/mol. The van der Waals surface area contributed by atoms with E-state index in [-0.39, 0.29) is 5.41 Å². The third-order valence-electron chi connectivity index (χ3n) is 19.7. The van der Waals surface area contributed by atoms with E-state index in [9.17, 15) is 10.2 Å². The zero-order valence-electron chi connectivity index (χ0n) is 49.8. The Balaban J connectivity index is 1.00. The van der Waals surface area contributed by atoms with Crippen molar-refractivity contribution in [3.63, 3.8) is 0 Å². The number of para-hydroxylation sites is 1. The van der Waals surface area contributed by atoms with Crippen molar-refractivity contribution in [2.24, 2.45) is 5.92 Å². The second-order valence-electron chi connectivity index (χ2n) is 25.0. The molecular formula is C84H61NO4. The minimum absolute atomic E-state index is 0.200. The van der Waals surface area contributed by atoms with E-state index in [1.54, 1.807) is 0 Å². The highest BCUT2D eigenvalue weighted by Crippen LogP contribution is 2.63. The van der Waals surface area contributed by atoms with E-state index in [1.165, 1.54) is 22.3 Å². The average Bonchev–Trinajstić information content (AvgIpc) is 1.66. The van der Waals surface area contributed by atoms with E-state index in [0.717, 1.165) is 99.5 Å². The first-order valence-corrected chi connectivity index (χ1v) is 30.9. The average molecular weight is 1150 g/mol. The molecule has 2 aliphatic rings. The van der Waals surface area contributed by atoms with Crippen LogP contribution in [0.25, 0.3) is 121 Å². The Labute approximate surface area is 516 Å². The maximum absolute atomic E-state index is 14.5. The second kappa shape index (κ2) is 19.7. The summed E-state index contributed by atoms with van der Waals surface area (Å²) in [6.45, 7) is 8.68. The van der Waals surface area contributed by atoms with Gasteiger partial charge in [0.25, 0.3) is 0 Å². The first-order valence-electron chi connectivity index (χ1n) is 30.9. The summed E-state index contributed by atoms with van der Waals surface area (Å²) in [7, 11) is 0. The Bertz CT molecular complexity index is 5350. The van der Waals surface area contributed by atoms with E-state index in [0.29, 0.717) is 44.6 Å². The molecule has 89 heavy (non-hydrogen) atoms. The summed E-state index contributed by atoms with van der Waals surface area (Å²) < 4.78 is 15.2.